The lowest BCUT2D eigenvalue weighted by Crippen LogP contribution is -2.50. The zero-order chi connectivity index (χ0) is 14.9. The van der Waals surface area contributed by atoms with Crippen LogP contribution in [0.5, 0.6) is 5.75 Å². The summed E-state index contributed by atoms with van der Waals surface area (Å²) in [7, 11) is 1.61. The third-order valence-corrected chi connectivity index (χ3v) is 3.67. The van der Waals surface area contributed by atoms with Crippen molar-refractivity contribution in [2.45, 2.75) is 19.9 Å². The van der Waals surface area contributed by atoms with E-state index in [1.165, 1.54) is 11.9 Å². The number of ketones is 1. The summed E-state index contributed by atoms with van der Waals surface area (Å²) in [5, 5.41) is 4.82. The smallest absolute Gasteiger partial charge is 0.188 e. The molecule has 1 aromatic rings. The van der Waals surface area contributed by atoms with Gasteiger partial charge in [0.2, 0.25) is 0 Å². The summed E-state index contributed by atoms with van der Waals surface area (Å²) in [6.45, 7) is 3.32. The second-order valence-corrected chi connectivity index (χ2v) is 4.97. The average Bonchev–Trinajstić information content (AvgIpc) is 2.44. The predicted molar refractivity (Wildman–Crippen MR) is 80.9 cm³/mol. The number of ether oxygens (including phenoxy) is 1. The van der Waals surface area contributed by atoms with Crippen molar-refractivity contribution < 1.29 is 9.53 Å². The van der Waals surface area contributed by atoms with Crippen molar-refractivity contribution in [2.75, 3.05) is 7.11 Å². The quantitative estimate of drug-likeness (QED) is 0.652. The Hall–Kier alpha value is -1.92. The van der Waals surface area contributed by atoms with Gasteiger partial charge in [0, 0.05) is 11.3 Å². The molecule has 0 fully saturated rings. The van der Waals surface area contributed by atoms with Gasteiger partial charge in [0.05, 0.1) is 13.2 Å². The Morgan fingerprint density at radius 1 is 1.40 bits per heavy atom. The fourth-order valence-corrected chi connectivity index (χ4v) is 2.52. The van der Waals surface area contributed by atoms with Gasteiger partial charge in [-0.1, -0.05) is 12.1 Å². The molecule has 0 unspecified atom stereocenters. The van der Waals surface area contributed by atoms with Gasteiger partial charge in [-0.3, -0.25) is 9.80 Å². The van der Waals surface area contributed by atoms with Gasteiger partial charge in [-0.2, -0.15) is 0 Å². The summed E-state index contributed by atoms with van der Waals surface area (Å²) in [6, 6.07) is 7.22. The number of benzene rings is 1. The van der Waals surface area contributed by atoms with E-state index in [2.05, 4.69) is 5.32 Å². The first-order valence-electron chi connectivity index (χ1n) is 6.16. The number of nitrogens with zero attached hydrogens (tertiary/aromatic N) is 1. The SMILES string of the molecule is COc1ccc([C@@H]2NC(=S)N(N)C(C)=C2C(C)=O)cc1. The van der Waals surface area contributed by atoms with Crippen molar-refractivity contribution in [3.8, 4) is 5.75 Å². The number of hydrogen-bond donors (Lipinski definition) is 2. The van der Waals surface area contributed by atoms with Crippen LogP contribution in [0.1, 0.15) is 25.5 Å². The highest BCUT2D eigenvalue weighted by Gasteiger charge is 2.30. The van der Waals surface area contributed by atoms with E-state index in [1.807, 2.05) is 24.3 Å². The fraction of sp³-hybridized carbons (Fsp3) is 0.286. The van der Waals surface area contributed by atoms with Crippen molar-refractivity contribution in [1.82, 2.24) is 10.3 Å². The van der Waals surface area contributed by atoms with Crippen LogP contribution in [-0.4, -0.2) is 23.0 Å². The predicted octanol–water partition coefficient (Wildman–Crippen LogP) is 1.66. The van der Waals surface area contributed by atoms with Crippen LogP contribution in [0.25, 0.3) is 0 Å². The van der Waals surface area contributed by atoms with Crippen LogP contribution in [0.15, 0.2) is 35.5 Å². The molecule has 5 nitrogen and oxygen atoms in total. The number of hydrogen-bond acceptors (Lipinski definition) is 4. The van der Waals surface area contributed by atoms with Gasteiger partial charge in [-0.25, -0.2) is 5.84 Å². The van der Waals surface area contributed by atoms with E-state index in [0.29, 0.717) is 16.4 Å². The Labute approximate surface area is 123 Å². The molecule has 1 aromatic carbocycles. The number of hydrazine groups is 1. The molecule has 1 aliphatic rings. The first-order valence-corrected chi connectivity index (χ1v) is 6.57. The van der Waals surface area contributed by atoms with Crippen molar-refractivity contribution in [2.24, 2.45) is 5.84 Å². The van der Waals surface area contributed by atoms with Gasteiger partial charge in [0.25, 0.3) is 0 Å². The first-order chi connectivity index (χ1) is 9.45. The van der Waals surface area contributed by atoms with Gasteiger partial charge < -0.3 is 10.1 Å². The molecule has 2 rings (SSSR count). The Morgan fingerprint density at radius 2 is 2.00 bits per heavy atom. The monoisotopic (exact) mass is 291 g/mol. The van der Waals surface area contributed by atoms with E-state index >= 15 is 0 Å². The molecule has 0 amide bonds. The average molecular weight is 291 g/mol. The summed E-state index contributed by atoms with van der Waals surface area (Å²) in [5.41, 5.74) is 2.22. The van der Waals surface area contributed by atoms with Crippen LogP contribution in [0.2, 0.25) is 0 Å². The normalized spacial score (nSPS) is 18.9. The molecule has 3 N–H and O–H groups in total. The van der Waals surface area contributed by atoms with Gasteiger partial charge in [-0.15, -0.1) is 0 Å². The van der Waals surface area contributed by atoms with Gasteiger partial charge in [0.15, 0.2) is 10.9 Å². The number of nitrogens with two attached hydrogens (primary N) is 1. The highest BCUT2D eigenvalue weighted by Crippen LogP contribution is 2.30. The van der Waals surface area contributed by atoms with Crippen molar-refractivity contribution >= 4 is 23.1 Å². The maximum atomic E-state index is 11.9. The van der Waals surface area contributed by atoms with E-state index in [-0.39, 0.29) is 11.8 Å². The lowest BCUT2D eigenvalue weighted by molar-refractivity contribution is -0.114. The van der Waals surface area contributed by atoms with E-state index in [0.717, 1.165) is 11.3 Å². The van der Waals surface area contributed by atoms with Gasteiger partial charge in [0.1, 0.15) is 5.75 Å². The molecule has 0 saturated heterocycles. The van der Waals surface area contributed by atoms with Crippen LogP contribution in [-0.2, 0) is 4.79 Å². The molecule has 1 aliphatic heterocycles. The summed E-state index contributed by atoms with van der Waals surface area (Å²) in [6.07, 6.45) is 0. The number of thiocarbonyl (C=S) groups is 1. The second kappa shape index (κ2) is 5.60. The highest BCUT2D eigenvalue weighted by molar-refractivity contribution is 7.80. The number of Topliss-reactive ketones (excluding diaryl/α,β-unsaturated/α-hetero) is 1. The maximum absolute atomic E-state index is 11.9. The fourth-order valence-electron chi connectivity index (χ4n) is 2.26. The number of rotatable bonds is 3. The number of nitrogens with one attached hydrogen (secondary N) is 1. The minimum atomic E-state index is -0.286. The van der Waals surface area contributed by atoms with Crippen LogP contribution >= 0.6 is 12.2 Å². The molecule has 20 heavy (non-hydrogen) atoms. The molecular formula is C14H17N3O2S. The molecule has 1 atom stereocenters. The van der Waals surface area contributed by atoms with Crippen LogP contribution in [0, 0.1) is 0 Å². The van der Waals surface area contributed by atoms with Crippen molar-refractivity contribution in [3.63, 3.8) is 0 Å². The number of methoxy groups -OCH3 is 1. The molecule has 6 heteroatoms. The van der Waals surface area contributed by atoms with Gasteiger partial charge >= 0.3 is 0 Å². The summed E-state index contributed by atoms with van der Waals surface area (Å²) >= 11 is 5.19. The van der Waals surface area contributed by atoms with E-state index in [1.54, 1.807) is 14.0 Å². The van der Waals surface area contributed by atoms with Gasteiger partial charge in [-0.05, 0) is 43.8 Å². The lowest BCUT2D eigenvalue weighted by Gasteiger charge is -2.34. The summed E-state index contributed by atoms with van der Waals surface area (Å²) in [4.78, 5) is 11.9. The summed E-state index contributed by atoms with van der Waals surface area (Å²) < 4.78 is 5.14. The molecule has 0 spiro atoms. The number of carbonyl (C=O) groups is 1. The molecule has 0 bridgehead atoms. The molecule has 0 aromatic heterocycles. The zero-order valence-electron chi connectivity index (χ0n) is 11.6. The van der Waals surface area contributed by atoms with E-state index < -0.39 is 0 Å². The molecule has 0 aliphatic carbocycles. The minimum Gasteiger partial charge on any atom is -0.497 e. The molecule has 0 radical (unpaired) electrons. The topological polar surface area (TPSA) is 67.6 Å². The third-order valence-electron chi connectivity index (χ3n) is 3.35. The first kappa shape index (κ1) is 14.5. The molecule has 106 valence electrons. The Bertz CT molecular complexity index is 581. The largest absolute Gasteiger partial charge is 0.497 e. The summed E-state index contributed by atoms with van der Waals surface area (Å²) in [5.74, 6) is 6.56. The van der Waals surface area contributed by atoms with Crippen LogP contribution in [0.4, 0.5) is 0 Å². The Balaban J connectivity index is 2.47. The van der Waals surface area contributed by atoms with Crippen molar-refractivity contribution in [1.29, 1.82) is 0 Å². The highest BCUT2D eigenvalue weighted by atomic mass is 32.1. The van der Waals surface area contributed by atoms with E-state index in [4.69, 9.17) is 22.8 Å². The molecule has 0 saturated carbocycles. The second-order valence-electron chi connectivity index (χ2n) is 4.58. The standard InChI is InChI=1S/C14H17N3O2S/c1-8-12(9(2)18)13(16-14(20)17(8)15)10-4-6-11(19-3)7-5-10/h4-7,13H,15H2,1-3H3,(H,16,20)/t13-/m0/s1. The van der Waals surface area contributed by atoms with Crippen LogP contribution in [0.3, 0.4) is 0 Å². The third kappa shape index (κ3) is 2.52. The Kier molecular flexibility index (Phi) is 4.06. The Morgan fingerprint density at radius 3 is 2.50 bits per heavy atom. The van der Waals surface area contributed by atoms with E-state index in [9.17, 15) is 4.79 Å². The maximum Gasteiger partial charge on any atom is 0.188 e. The lowest BCUT2D eigenvalue weighted by atomic mass is 9.93. The van der Waals surface area contributed by atoms with Crippen molar-refractivity contribution in [3.05, 3.63) is 41.1 Å². The molecular weight excluding hydrogens is 274 g/mol. The minimum absolute atomic E-state index is 0.0335. The number of carbonyl (C=O) groups excluding carboxylic acids is 1. The zero-order valence-corrected chi connectivity index (χ0v) is 12.5. The van der Waals surface area contributed by atoms with Crippen LogP contribution < -0.4 is 15.9 Å². The number of allylic oxidation sites excluding steroid dienone is 1. The molecule has 1 heterocycles.